The Morgan fingerprint density at radius 1 is 1.29 bits per heavy atom. The summed E-state index contributed by atoms with van der Waals surface area (Å²) in [5, 5.41) is 0. The summed E-state index contributed by atoms with van der Waals surface area (Å²) in [6.07, 6.45) is 0. The van der Waals surface area contributed by atoms with Gasteiger partial charge in [-0.2, -0.15) is 0 Å². The molecular formula is C9H11BO4. The molecule has 1 aromatic rings. The number of hydrogen-bond donors (Lipinski definition) is 0. The predicted octanol–water partition coefficient (Wildman–Crippen LogP) is 0.303. The third-order valence-electron chi connectivity index (χ3n) is 1.42. The van der Waals surface area contributed by atoms with Crippen LogP contribution < -0.4 is 5.46 Å². The van der Waals surface area contributed by atoms with Crippen molar-refractivity contribution in [1.29, 1.82) is 0 Å². The molecule has 0 saturated heterocycles. The quantitative estimate of drug-likeness (QED) is 0.500. The summed E-state index contributed by atoms with van der Waals surface area (Å²) in [6.45, 7) is 2.17. The van der Waals surface area contributed by atoms with Crippen LogP contribution >= 0.6 is 0 Å². The summed E-state index contributed by atoms with van der Waals surface area (Å²) in [7, 11) is 5.45. The van der Waals surface area contributed by atoms with Crippen LogP contribution in [-0.4, -0.2) is 31.4 Å². The molecule has 2 N–H and O–H groups in total. The van der Waals surface area contributed by atoms with E-state index in [0.29, 0.717) is 17.6 Å². The second-order valence-electron chi connectivity index (χ2n) is 2.34. The van der Waals surface area contributed by atoms with Gasteiger partial charge in [-0.1, -0.05) is 0 Å². The molecule has 0 fully saturated rings. The minimum atomic E-state index is -0.308. The van der Waals surface area contributed by atoms with Crippen LogP contribution in [0.1, 0.15) is 17.3 Å². The fraction of sp³-hybridized carbons (Fsp3) is 0.222. The van der Waals surface area contributed by atoms with Gasteiger partial charge in [0, 0.05) is 0 Å². The fourth-order valence-corrected chi connectivity index (χ4v) is 0.834. The minimum Gasteiger partial charge on any atom is -0.870 e. The summed E-state index contributed by atoms with van der Waals surface area (Å²) < 4.78 is 4.79. The van der Waals surface area contributed by atoms with Crippen LogP contribution in [0.15, 0.2) is 24.3 Å². The number of ether oxygens (including phenoxy) is 1. The SMILES string of the molecule is [B+2]c1ccc(C(=O)OCC)cc1.[OH-].[OH-]. The zero-order valence-corrected chi connectivity index (χ0v) is 7.80. The van der Waals surface area contributed by atoms with E-state index in [4.69, 9.17) is 12.6 Å². The molecule has 0 aromatic heterocycles. The first-order chi connectivity index (χ1) is 5.74. The van der Waals surface area contributed by atoms with Gasteiger partial charge in [0.1, 0.15) is 0 Å². The molecule has 0 amide bonds. The van der Waals surface area contributed by atoms with Crippen LogP contribution in [0.5, 0.6) is 0 Å². The summed E-state index contributed by atoms with van der Waals surface area (Å²) in [4.78, 5) is 11.1. The Kier molecular flexibility index (Phi) is 7.70. The molecule has 0 atom stereocenters. The van der Waals surface area contributed by atoms with E-state index < -0.39 is 0 Å². The maximum atomic E-state index is 11.1. The van der Waals surface area contributed by atoms with Crippen LogP contribution in [0, 0.1) is 0 Å². The number of benzene rings is 1. The maximum absolute atomic E-state index is 11.1. The van der Waals surface area contributed by atoms with Gasteiger partial charge in [-0.3, -0.25) is 0 Å². The van der Waals surface area contributed by atoms with Gasteiger partial charge in [-0.05, 0) is 0 Å². The zero-order chi connectivity index (χ0) is 8.97. The van der Waals surface area contributed by atoms with Crippen molar-refractivity contribution in [1.82, 2.24) is 0 Å². The molecule has 0 unspecified atom stereocenters. The number of hydrogen-bond acceptors (Lipinski definition) is 4. The first kappa shape index (κ1) is 15.2. The molecule has 0 aliphatic carbocycles. The Hall–Kier alpha value is -1.33. The molecule has 0 heterocycles. The van der Waals surface area contributed by atoms with E-state index in [1.54, 1.807) is 31.2 Å². The van der Waals surface area contributed by atoms with Crippen molar-refractivity contribution in [2.45, 2.75) is 6.92 Å². The van der Waals surface area contributed by atoms with Crippen molar-refractivity contribution in [3.63, 3.8) is 0 Å². The normalized spacial score (nSPS) is 8.21. The minimum absolute atomic E-state index is 0. The van der Waals surface area contributed by atoms with Crippen molar-refractivity contribution >= 4 is 19.3 Å². The van der Waals surface area contributed by atoms with Gasteiger partial charge in [0.25, 0.3) is 0 Å². The summed E-state index contributed by atoms with van der Waals surface area (Å²) >= 11 is 0. The molecule has 1 aromatic carbocycles. The monoisotopic (exact) mass is 194 g/mol. The number of carbonyl (C=O) groups excluding carboxylic acids is 1. The molecule has 0 aliphatic heterocycles. The molecule has 1 rings (SSSR count). The first-order valence-electron chi connectivity index (χ1n) is 3.76. The summed E-state index contributed by atoms with van der Waals surface area (Å²) in [5.74, 6) is -0.308. The molecule has 74 valence electrons. The molecule has 0 aliphatic rings. The van der Waals surface area contributed by atoms with Crippen LogP contribution in [0.3, 0.4) is 0 Å². The standard InChI is InChI=1S/C9H9BO2.2H2O/c1-2-12-9(11)7-3-5-8(10)6-4-7;;/h3-6H,2H2,1H3;2*1H2/q+2;;/p-2. The van der Waals surface area contributed by atoms with Crippen LogP contribution in [0.25, 0.3) is 0 Å². The number of carbonyl (C=O) groups is 1. The first-order valence-corrected chi connectivity index (χ1v) is 3.76. The fourth-order valence-electron chi connectivity index (χ4n) is 0.834. The number of esters is 1. The third-order valence-corrected chi connectivity index (χ3v) is 1.42. The van der Waals surface area contributed by atoms with Gasteiger partial charge < -0.3 is 11.0 Å². The van der Waals surface area contributed by atoms with E-state index in [9.17, 15) is 4.79 Å². The van der Waals surface area contributed by atoms with Crippen LogP contribution in [0.2, 0.25) is 0 Å². The van der Waals surface area contributed by atoms with Crippen LogP contribution in [-0.2, 0) is 4.74 Å². The topological polar surface area (TPSA) is 86.3 Å². The van der Waals surface area contributed by atoms with Crippen molar-refractivity contribution in [2.75, 3.05) is 6.61 Å². The van der Waals surface area contributed by atoms with Gasteiger partial charge in [-0.25, -0.2) is 0 Å². The molecule has 0 saturated carbocycles. The maximum Gasteiger partial charge on any atom is -0.870 e. The third kappa shape index (κ3) is 4.07. The Morgan fingerprint density at radius 3 is 2.21 bits per heavy atom. The van der Waals surface area contributed by atoms with Gasteiger partial charge >= 0.3 is 72.2 Å². The van der Waals surface area contributed by atoms with E-state index in [-0.39, 0.29) is 16.9 Å². The molecule has 5 heteroatoms. The van der Waals surface area contributed by atoms with E-state index in [0.717, 1.165) is 0 Å². The average Bonchev–Trinajstić information content (AvgIpc) is 2.06. The van der Waals surface area contributed by atoms with Crippen molar-refractivity contribution in [2.24, 2.45) is 0 Å². The van der Waals surface area contributed by atoms with Crippen molar-refractivity contribution < 1.29 is 20.5 Å². The number of rotatable bonds is 2. The Balaban J connectivity index is 0. The van der Waals surface area contributed by atoms with Crippen LogP contribution in [0.4, 0.5) is 0 Å². The molecule has 14 heavy (non-hydrogen) atoms. The smallest absolute Gasteiger partial charge is 0.870 e. The van der Waals surface area contributed by atoms with Gasteiger partial charge in [0.05, 0.1) is 0 Å². The molecular weight excluding hydrogens is 183 g/mol. The van der Waals surface area contributed by atoms with Gasteiger partial charge in [-0.15, -0.1) is 0 Å². The van der Waals surface area contributed by atoms with E-state index in [1.807, 2.05) is 0 Å². The Labute approximate surface area is 83.9 Å². The van der Waals surface area contributed by atoms with E-state index in [1.165, 1.54) is 0 Å². The molecule has 0 spiro atoms. The van der Waals surface area contributed by atoms with E-state index in [2.05, 4.69) is 0 Å². The average molecular weight is 194 g/mol. The molecule has 4 nitrogen and oxygen atoms in total. The largest absolute Gasteiger partial charge is 0.870 e. The molecule has 0 bridgehead atoms. The van der Waals surface area contributed by atoms with Crippen molar-refractivity contribution in [3.05, 3.63) is 29.8 Å². The Morgan fingerprint density at radius 2 is 1.79 bits per heavy atom. The van der Waals surface area contributed by atoms with E-state index >= 15 is 0 Å². The van der Waals surface area contributed by atoms with Gasteiger partial charge in [0.15, 0.2) is 0 Å². The second kappa shape index (κ2) is 7.11. The Bertz CT molecular complexity index is 271. The van der Waals surface area contributed by atoms with Crippen molar-refractivity contribution in [3.8, 4) is 0 Å². The molecule has 0 radical (unpaired) electrons. The predicted molar refractivity (Wildman–Crippen MR) is 51.7 cm³/mol. The summed E-state index contributed by atoms with van der Waals surface area (Å²) in [5.41, 5.74) is 1.18. The second-order valence-corrected chi connectivity index (χ2v) is 2.34. The zero-order valence-electron chi connectivity index (χ0n) is 7.80. The van der Waals surface area contributed by atoms with Gasteiger partial charge in [0.2, 0.25) is 0 Å². The summed E-state index contributed by atoms with van der Waals surface area (Å²) in [6, 6.07) is 6.64.